The van der Waals surface area contributed by atoms with Gasteiger partial charge in [-0.15, -0.1) is 0 Å². The van der Waals surface area contributed by atoms with Crippen LogP contribution in [0.25, 0.3) is 6.08 Å². The molecule has 0 unspecified atom stereocenters. The molecular weight excluding hydrogens is 218 g/mol. The summed E-state index contributed by atoms with van der Waals surface area (Å²) in [6, 6.07) is -0.233. The number of nitrogens with zero attached hydrogens (tertiary/aromatic N) is 2. The van der Waals surface area contributed by atoms with E-state index in [1.54, 1.807) is 17.7 Å². The second-order valence-corrected chi connectivity index (χ2v) is 4.13. The molecule has 0 radical (unpaired) electrons. The van der Waals surface area contributed by atoms with Gasteiger partial charge in [-0.1, -0.05) is 0 Å². The van der Waals surface area contributed by atoms with Gasteiger partial charge in [-0.2, -0.15) is 5.10 Å². The van der Waals surface area contributed by atoms with Gasteiger partial charge in [-0.25, -0.2) is 0 Å². The number of amides is 1. The van der Waals surface area contributed by atoms with Crippen molar-refractivity contribution < 1.29 is 9.90 Å². The molecule has 0 aliphatic rings. The highest BCUT2D eigenvalue weighted by Crippen LogP contribution is 2.13. The third kappa shape index (κ3) is 3.42. The highest BCUT2D eigenvalue weighted by molar-refractivity contribution is 5.92. The molecule has 5 nitrogen and oxygen atoms in total. The number of hydrogen-bond donors (Lipinski definition) is 2. The second-order valence-electron chi connectivity index (χ2n) is 4.13. The molecule has 0 aliphatic heterocycles. The first-order chi connectivity index (χ1) is 7.95. The maximum Gasteiger partial charge on any atom is 0.244 e. The van der Waals surface area contributed by atoms with Crippen LogP contribution in [0.3, 0.4) is 0 Å². The Morgan fingerprint density at radius 3 is 2.71 bits per heavy atom. The van der Waals surface area contributed by atoms with Crippen LogP contribution in [0.2, 0.25) is 0 Å². The van der Waals surface area contributed by atoms with Crippen molar-refractivity contribution in [2.75, 3.05) is 6.61 Å². The summed E-state index contributed by atoms with van der Waals surface area (Å²) in [5, 5.41) is 15.7. The number of nitrogens with one attached hydrogen (secondary N) is 1. The van der Waals surface area contributed by atoms with Crippen molar-refractivity contribution in [3.8, 4) is 0 Å². The summed E-state index contributed by atoms with van der Waals surface area (Å²) >= 11 is 0. The van der Waals surface area contributed by atoms with Crippen molar-refractivity contribution in [2.24, 2.45) is 7.05 Å². The molecule has 17 heavy (non-hydrogen) atoms. The van der Waals surface area contributed by atoms with Gasteiger partial charge in [0.1, 0.15) is 0 Å². The average Bonchev–Trinajstić information content (AvgIpc) is 2.51. The number of aromatic nitrogens is 2. The number of carbonyl (C=O) groups is 1. The lowest BCUT2D eigenvalue weighted by Crippen LogP contribution is -2.33. The van der Waals surface area contributed by atoms with Gasteiger partial charge in [-0.05, 0) is 26.8 Å². The zero-order valence-electron chi connectivity index (χ0n) is 10.7. The van der Waals surface area contributed by atoms with Gasteiger partial charge in [-0.3, -0.25) is 9.48 Å². The Morgan fingerprint density at radius 1 is 1.59 bits per heavy atom. The zero-order chi connectivity index (χ0) is 13.0. The van der Waals surface area contributed by atoms with Crippen LogP contribution in [-0.4, -0.2) is 33.4 Å². The first-order valence-corrected chi connectivity index (χ1v) is 5.55. The van der Waals surface area contributed by atoms with Crippen LogP contribution < -0.4 is 5.32 Å². The van der Waals surface area contributed by atoms with Crippen molar-refractivity contribution >= 4 is 12.0 Å². The number of hydrogen-bond acceptors (Lipinski definition) is 3. The molecule has 0 bridgehead atoms. The number of rotatable bonds is 4. The minimum Gasteiger partial charge on any atom is -0.394 e. The van der Waals surface area contributed by atoms with Gasteiger partial charge < -0.3 is 10.4 Å². The summed E-state index contributed by atoms with van der Waals surface area (Å²) in [7, 11) is 1.87. The van der Waals surface area contributed by atoms with Gasteiger partial charge in [0, 0.05) is 30.4 Å². The molecule has 0 spiro atoms. The van der Waals surface area contributed by atoms with Gasteiger partial charge in [0.05, 0.1) is 12.3 Å². The van der Waals surface area contributed by atoms with Crippen molar-refractivity contribution in [1.29, 1.82) is 0 Å². The number of aliphatic hydroxyl groups excluding tert-OH is 1. The molecule has 1 rings (SSSR count). The Bertz CT molecular complexity index is 435. The molecule has 0 fully saturated rings. The average molecular weight is 237 g/mol. The van der Waals surface area contributed by atoms with E-state index < -0.39 is 0 Å². The summed E-state index contributed by atoms with van der Waals surface area (Å²) in [5.41, 5.74) is 2.87. The van der Waals surface area contributed by atoms with Crippen LogP contribution in [0.5, 0.6) is 0 Å². The third-order valence-corrected chi connectivity index (χ3v) is 2.63. The predicted octanol–water partition coefficient (Wildman–Crippen LogP) is 0.547. The fraction of sp³-hybridized carbons (Fsp3) is 0.500. The minimum atomic E-state index is -0.233. The zero-order valence-corrected chi connectivity index (χ0v) is 10.7. The quantitative estimate of drug-likeness (QED) is 0.751. The van der Waals surface area contributed by atoms with E-state index in [4.69, 9.17) is 5.11 Å². The lowest BCUT2D eigenvalue weighted by molar-refractivity contribution is -0.117. The molecule has 1 aromatic rings. The Morgan fingerprint density at radius 2 is 2.24 bits per heavy atom. The fourth-order valence-corrected chi connectivity index (χ4v) is 1.53. The topological polar surface area (TPSA) is 67.2 Å². The van der Waals surface area contributed by atoms with Gasteiger partial charge in [0.2, 0.25) is 5.91 Å². The molecule has 0 saturated heterocycles. The summed E-state index contributed by atoms with van der Waals surface area (Å²) in [5.74, 6) is -0.214. The van der Waals surface area contributed by atoms with Crippen molar-refractivity contribution in [3.63, 3.8) is 0 Å². The molecular formula is C12H19N3O2. The molecule has 1 amide bonds. The minimum absolute atomic E-state index is 0.0650. The van der Waals surface area contributed by atoms with Crippen LogP contribution in [0.15, 0.2) is 6.08 Å². The van der Waals surface area contributed by atoms with Gasteiger partial charge >= 0.3 is 0 Å². The maximum absolute atomic E-state index is 11.5. The van der Waals surface area contributed by atoms with E-state index in [1.165, 1.54) is 6.08 Å². The molecule has 0 saturated carbocycles. The smallest absolute Gasteiger partial charge is 0.244 e. The van der Waals surface area contributed by atoms with Gasteiger partial charge in [0.25, 0.3) is 0 Å². The summed E-state index contributed by atoms with van der Waals surface area (Å²) < 4.78 is 1.78. The predicted molar refractivity (Wildman–Crippen MR) is 66.4 cm³/mol. The van der Waals surface area contributed by atoms with E-state index in [2.05, 4.69) is 10.4 Å². The summed E-state index contributed by atoms with van der Waals surface area (Å²) in [4.78, 5) is 11.5. The lowest BCUT2D eigenvalue weighted by Gasteiger charge is -2.07. The van der Waals surface area contributed by atoms with Crippen LogP contribution >= 0.6 is 0 Å². The monoisotopic (exact) mass is 237 g/mol. The summed E-state index contributed by atoms with van der Waals surface area (Å²) in [6.45, 7) is 5.53. The van der Waals surface area contributed by atoms with E-state index in [0.29, 0.717) is 0 Å². The lowest BCUT2D eigenvalue weighted by atomic mass is 10.2. The first-order valence-electron chi connectivity index (χ1n) is 5.55. The first kappa shape index (κ1) is 13.4. The number of aryl methyl sites for hydroxylation is 2. The molecule has 1 heterocycles. The SMILES string of the molecule is Cc1nn(C)c(C)c1C=CC(=O)N[C@@H](C)CO. The Labute approximate surface area is 101 Å². The van der Waals surface area contributed by atoms with Crippen molar-refractivity contribution in [3.05, 3.63) is 23.0 Å². The van der Waals surface area contributed by atoms with Crippen molar-refractivity contribution in [2.45, 2.75) is 26.8 Å². The maximum atomic E-state index is 11.5. The molecule has 5 heteroatoms. The molecule has 0 aromatic carbocycles. The highest BCUT2D eigenvalue weighted by Gasteiger charge is 2.07. The largest absolute Gasteiger partial charge is 0.394 e. The van der Waals surface area contributed by atoms with Crippen LogP contribution in [-0.2, 0) is 11.8 Å². The Kier molecular flexibility index (Phi) is 4.45. The van der Waals surface area contributed by atoms with E-state index in [0.717, 1.165) is 17.0 Å². The standard InChI is InChI=1S/C12H19N3O2/c1-8(7-16)13-12(17)6-5-11-9(2)14-15(4)10(11)3/h5-6,8,16H,7H2,1-4H3,(H,13,17)/t8-/m0/s1. The molecule has 2 N–H and O–H groups in total. The van der Waals surface area contributed by atoms with Crippen LogP contribution in [0.4, 0.5) is 0 Å². The molecule has 0 aliphatic carbocycles. The number of carbonyl (C=O) groups excluding carboxylic acids is 1. The molecule has 94 valence electrons. The molecule has 1 atom stereocenters. The Balaban J connectivity index is 2.74. The van der Waals surface area contributed by atoms with Gasteiger partial charge in [0.15, 0.2) is 0 Å². The fourth-order valence-electron chi connectivity index (χ4n) is 1.53. The van der Waals surface area contributed by atoms with E-state index >= 15 is 0 Å². The third-order valence-electron chi connectivity index (χ3n) is 2.63. The normalized spacial score (nSPS) is 13.0. The van der Waals surface area contributed by atoms with E-state index in [9.17, 15) is 4.79 Å². The Hall–Kier alpha value is -1.62. The summed E-state index contributed by atoms with van der Waals surface area (Å²) in [6.07, 6.45) is 3.21. The van der Waals surface area contributed by atoms with E-state index in [1.807, 2.05) is 20.9 Å². The van der Waals surface area contributed by atoms with Crippen molar-refractivity contribution in [1.82, 2.24) is 15.1 Å². The highest BCUT2D eigenvalue weighted by atomic mass is 16.3. The second kappa shape index (κ2) is 5.63. The van der Waals surface area contributed by atoms with E-state index in [-0.39, 0.29) is 18.6 Å². The van der Waals surface area contributed by atoms with Crippen LogP contribution in [0.1, 0.15) is 23.9 Å². The molecule has 1 aromatic heterocycles. The number of aliphatic hydroxyl groups is 1. The van der Waals surface area contributed by atoms with Crippen LogP contribution in [0, 0.1) is 13.8 Å².